The summed E-state index contributed by atoms with van der Waals surface area (Å²) >= 11 is 1.56. The van der Waals surface area contributed by atoms with Crippen LogP contribution in [0.25, 0.3) is 4.96 Å². The van der Waals surface area contributed by atoms with Crippen molar-refractivity contribution < 1.29 is 4.79 Å². The fraction of sp³-hybridized carbons (Fsp3) is 0.600. The van der Waals surface area contributed by atoms with Gasteiger partial charge in [-0.1, -0.05) is 6.42 Å². The van der Waals surface area contributed by atoms with Crippen LogP contribution in [-0.2, 0) is 0 Å². The lowest BCUT2D eigenvalue weighted by Crippen LogP contribution is -2.40. The van der Waals surface area contributed by atoms with E-state index in [4.69, 9.17) is 0 Å². The molecule has 1 aliphatic heterocycles. The summed E-state index contributed by atoms with van der Waals surface area (Å²) in [5.41, 5.74) is 1.48. The van der Waals surface area contributed by atoms with Crippen LogP contribution >= 0.6 is 11.3 Å². The van der Waals surface area contributed by atoms with Gasteiger partial charge in [-0.2, -0.15) is 0 Å². The van der Waals surface area contributed by atoms with Crippen molar-refractivity contribution in [1.82, 2.24) is 20.0 Å². The van der Waals surface area contributed by atoms with Crippen LogP contribution in [0.4, 0.5) is 0 Å². The monoisotopic (exact) mass is 304 g/mol. The number of hydrogen-bond acceptors (Lipinski definition) is 4. The molecule has 0 unspecified atom stereocenters. The Labute approximate surface area is 127 Å². The van der Waals surface area contributed by atoms with Crippen molar-refractivity contribution in [3.63, 3.8) is 0 Å². The molecule has 1 aliphatic carbocycles. The molecule has 112 valence electrons. The van der Waals surface area contributed by atoms with Gasteiger partial charge in [0.25, 0.3) is 5.91 Å². The first-order chi connectivity index (χ1) is 10.2. The molecular weight excluding hydrogens is 284 g/mol. The van der Waals surface area contributed by atoms with E-state index in [9.17, 15) is 4.79 Å². The fourth-order valence-corrected chi connectivity index (χ4v) is 4.74. The van der Waals surface area contributed by atoms with Gasteiger partial charge in [0.1, 0.15) is 5.69 Å². The molecule has 2 aromatic heterocycles. The first kappa shape index (κ1) is 13.3. The van der Waals surface area contributed by atoms with E-state index in [0.717, 1.165) is 35.6 Å². The van der Waals surface area contributed by atoms with Crippen LogP contribution in [0.15, 0.2) is 11.6 Å². The van der Waals surface area contributed by atoms with Gasteiger partial charge in [0.2, 0.25) is 0 Å². The lowest BCUT2D eigenvalue weighted by atomic mass is 9.94. The number of amides is 1. The predicted octanol–water partition coefficient (Wildman–Crippen LogP) is 1.82. The second-order valence-corrected chi connectivity index (χ2v) is 7.05. The number of fused-ring (bicyclic) bond motifs is 2. The molecule has 2 aromatic rings. The van der Waals surface area contributed by atoms with Gasteiger partial charge < -0.3 is 10.6 Å². The first-order valence-corrected chi connectivity index (χ1v) is 8.56. The molecule has 2 fully saturated rings. The van der Waals surface area contributed by atoms with Gasteiger partial charge in [-0.05, 0) is 38.1 Å². The van der Waals surface area contributed by atoms with Gasteiger partial charge in [0, 0.05) is 24.2 Å². The average molecular weight is 304 g/mol. The Kier molecular flexibility index (Phi) is 3.23. The van der Waals surface area contributed by atoms with E-state index in [1.807, 2.05) is 22.9 Å². The van der Waals surface area contributed by atoms with Crippen molar-refractivity contribution in [3.8, 4) is 0 Å². The summed E-state index contributed by atoms with van der Waals surface area (Å²) in [6.45, 7) is 3.73. The zero-order valence-corrected chi connectivity index (χ0v) is 12.9. The summed E-state index contributed by atoms with van der Waals surface area (Å²) in [5.74, 6) is 1.56. The Morgan fingerprint density at radius 2 is 2.48 bits per heavy atom. The van der Waals surface area contributed by atoms with Crippen molar-refractivity contribution in [3.05, 3.63) is 23.0 Å². The number of aromatic nitrogens is 2. The molecule has 2 N–H and O–H groups in total. The van der Waals surface area contributed by atoms with E-state index < -0.39 is 0 Å². The lowest BCUT2D eigenvalue weighted by Gasteiger charge is -2.18. The highest BCUT2D eigenvalue weighted by Gasteiger charge is 2.38. The Bertz CT molecular complexity index is 676. The highest BCUT2D eigenvalue weighted by molar-refractivity contribution is 7.15. The molecule has 4 rings (SSSR count). The summed E-state index contributed by atoms with van der Waals surface area (Å²) in [6.07, 6.45) is 5.91. The van der Waals surface area contributed by atoms with Crippen LogP contribution in [0.2, 0.25) is 0 Å². The third-order valence-electron chi connectivity index (χ3n) is 5.01. The minimum Gasteiger partial charge on any atom is -0.349 e. The Balaban J connectivity index is 1.46. The summed E-state index contributed by atoms with van der Waals surface area (Å²) in [7, 11) is 0. The standard InChI is InChI=1S/C15H20N4OS/c1-9-13(19-5-6-21-15(19)18-9)14(20)17-8-12-11-4-2-3-10(11)7-16-12/h5-6,10-12,16H,2-4,7-8H2,1H3,(H,17,20)/t10-,11-,12+/m0/s1. The minimum atomic E-state index is -0.0124. The van der Waals surface area contributed by atoms with E-state index in [-0.39, 0.29) is 5.91 Å². The molecule has 3 atom stereocenters. The number of carbonyl (C=O) groups is 1. The third-order valence-corrected chi connectivity index (χ3v) is 5.77. The molecule has 1 saturated heterocycles. The normalized spacial score (nSPS) is 28.1. The van der Waals surface area contributed by atoms with Gasteiger partial charge in [0.15, 0.2) is 4.96 Å². The van der Waals surface area contributed by atoms with Crippen LogP contribution in [0.3, 0.4) is 0 Å². The minimum absolute atomic E-state index is 0.0124. The number of thiazole rings is 1. The lowest BCUT2D eigenvalue weighted by molar-refractivity contribution is 0.0941. The predicted molar refractivity (Wildman–Crippen MR) is 82.8 cm³/mol. The largest absolute Gasteiger partial charge is 0.349 e. The summed E-state index contributed by atoms with van der Waals surface area (Å²) < 4.78 is 1.88. The highest BCUT2D eigenvalue weighted by atomic mass is 32.1. The summed E-state index contributed by atoms with van der Waals surface area (Å²) in [5, 5.41) is 8.63. The Hall–Kier alpha value is -1.40. The maximum atomic E-state index is 12.5. The van der Waals surface area contributed by atoms with Crippen molar-refractivity contribution in [2.24, 2.45) is 11.8 Å². The molecule has 2 aliphatic rings. The van der Waals surface area contributed by atoms with Gasteiger partial charge >= 0.3 is 0 Å². The number of rotatable bonds is 3. The second-order valence-electron chi connectivity index (χ2n) is 6.18. The Morgan fingerprint density at radius 1 is 1.57 bits per heavy atom. The molecule has 5 nitrogen and oxygen atoms in total. The van der Waals surface area contributed by atoms with E-state index in [0.29, 0.717) is 11.7 Å². The molecular formula is C15H20N4OS. The molecule has 0 bridgehead atoms. The van der Waals surface area contributed by atoms with Gasteiger partial charge in [-0.3, -0.25) is 9.20 Å². The zero-order chi connectivity index (χ0) is 14.4. The van der Waals surface area contributed by atoms with E-state index in [1.54, 1.807) is 11.3 Å². The molecule has 6 heteroatoms. The Morgan fingerprint density at radius 3 is 3.38 bits per heavy atom. The van der Waals surface area contributed by atoms with E-state index in [2.05, 4.69) is 15.6 Å². The maximum absolute atomic E-state index is 12.5. The van der Waals surface area contributed by atoms with E-state index in [1.165, 1.54) is 19.3 Å². The fourth-order valence-electron chi connectivity index (χ4n) is 3.98. The quantitative estimate of drug-likeness (QED) is 0.909. The molecule has 1 saturated carbocycles. The first-order valence-electron chi connectivity index (χ1n) is 7.68. The zero-order valence-electron chi connectivity index (χ0n) is 12.1. The number of nitrogens with zero attached hydrogens (tertiary/aromatic N) is 2. The number of hydrogen-bond donors (Lipinski definition) is 2. The SMILES string of the molecule is Cc1nc2sccn2c1C(=O)NC[C@H]1NC[C@@H]2CCC[C@@H]21. The number of aryl methyl sites for hydroxylation is 1. The van der Waals surface area contributed by atoms with Crippen LogP contribution in [0, 0.1) is 18.8 Å². The topological polar surface area (TPSA) is 58.4 Å². The molecule has 3 heterocycles. The average Bonchev–Trinajstić information content (AvgIpc) is 3.15. The molecule has 1 amide bonds. The van der Waals surface area contributed by atoms with Crippen LogP contribution < -0.4 is 10.6 Å². The van der Waals surface area contributed by atoms with Crippen LogP contribution in [-0.4, -0.2) is 34.4 Å². The van der Waals surface area contributed by atoms with E-state index >= 15 is 0 Å². The smallest absolute Gasteiger partial charge is 0.270 e. The van der Waals surface area contributed by atoms with Crippen molar-refractivity contribution in [1.29, 1.82) is 0 Å². The molecule has 21 heavy (non-hydrogen) atoms. The van der Waals surface area contributed by atoms with Gasteiger partial charge in [-0.25, -0.2) is 4.98 Å². The maximum Gasteiger partial charge on any atom is 0.270 e. The second kappa shape index (κ2) is 5.10. The highest BCUT2D eigenvalue weighted by Crippen LogP contribution is 2.37. The molecule has 0 spiro atoms. The van der Waals surface area contributed by atoms with Crippen molar-refractivity contribution in [2.45, 2.75) is 32.2 Å². The van der Waals surface area contributed by atoms with Crippen molar-refractivity contribution >= 4 is 22.2 Å². The number of carbonyl (C=O) groups excluding carboxylic acids is 1. The van der Waals surface area contributed by atoms with Crippen LogP contribution in [0.5, 0.6) is 0 Å². The van der Waals surface area contributed by atoms with Crippen molar-refractivity contribution in [2.75, 3.05) is 13.1 Å². The summed E-state index contributed by atoms with van der Waals surface area (Å²) in [4.78, 5) is 17.8. The molecule has 0 aromatic carbocycles. The summed E-state index contributed by atoms with van der Waals surface area (Å²) in [6, 6.07) is 0.438. The van der Waals surface area contributed by atoms with Gasteiger partial charge in [-0.15, -0.1) is 11.3 Å². The number of imidazole rings is 1. The third kappa shape index (κ3) is 2.17. The number of nitrogens with one attached hydrogen (secondary N) is 2. The van der Waals surface area contributed by atoms with Gasteiger partial charge in [0.05, 0.1) is 5.69 Å². The molecule has 0 radical (unpaired) electrons. The van der Waals surface area contributed by atoms with Crippen LogP contribution in [0.1, 0.15) is 35.4 Å².